The van der Waals surface area contributed by atoms with Gasteiger partial charge in [-0.2, -0.15) is 0 Å². The van der Waals surface area contributed by atoms with Crippen LogP contribution in [0.25, 0.3) is 0 Å². The van der Waals surface area contributed by atoms with E-state index >= 15 is 0 Å². The quantitative estimate of drug-likeness (QED) is 0.0271. The molecule has 3 N–H and O–H groups in total. The van der Waals surface area contributed by atoms with E-state index in [0.29, 0.717) is 13.0 Å². The molecule has 330 valence electrons. The molecular weight excluding hydrogens is 746 g/mol. The van der Waals surface area contributed by atoms with E-state index in [1.165, 1.54) is 64.2 Å². The highest BCUT2D eigenvalue weighted by atomic mass is 31.2. The highest BCUT2D eigenvalue weighted by molar-refractivity contribution is 7.47. The summed E-state index contributed by atoms with van der Waals surface area (Å²) >= 11 is 0. The number of esters is 1. The summed E-state index contributed by atoms with van der Waals surface area (Å²) in [5.41, 5.74) is 5.36. The number of hydrogen-bond acceptors (Lipinski definition) is 7. The Morgan fingerprint density at radius 1 is 0.517 bits per heavy atom. The number of hydrogen-bond donors (Lipinski definition) is 2. The number of rotatable bonds is 41. The third-order valence-corrected chi connectivity index (χ3v) is 9.70. The van der Waals surface area contributed by atoms with E-state index in [1.807, 2.05) is 6.08 Å². The zero-order valence-electron chi connectivity index (χ0n) is 36.5. The molecule has 0 aromatic carbocycles. The molecule has 0 aliphatic rings. The monoisotopic (exact) mass is 828 g/mol. The smallest absolute Gasteiger partial charge is 0.457 e. The van der Waals surface area contributed by atoms with Crippen molar-refractivity contribution in [1.82, 2.24) is 0 Å². The van der Waals surface area contributed by atoms with E-state index < -0.39 is 19.9 Å². The van der Waals surface area contributed by atoms with Crippen molar-refractivity contribution < 1.29 is 32.8 Å². The van der Waals surface area contributed by atoms with Crippen LogP contribution in [-0.4, -0.2) is 49.9 Å². The van der Waals surface area contributed by atoms with Crippen LogP contribution in [0.5, 0.6) is 0 Å². The molecule has 0 aliphatic heterocycles. The number of nitrogens with two attached hydrogens (primary N) is 1. The van der Waals surface area contributed by atoms with E-state index in [4.69, 9.17) is 24.3 Å². The van der Waals surface area contributed by atoms with Crippen LogP contribution in [0.4, 0.5) is 0 Å². The highest BCUT2D eigenvalue weighted by Gasteiger charge is 2.25. The van der Waals surface area contributed by atoms with Gasteiger partial charge >= 0.3 is 13.8 Å². The van der Waals surface area contributed by atoms with Crippen LogP contribution < -0.4 is 5.73 Å². The number of ether oxygens (including phenoxy) is 2. The molecule has 2 unspecified atom stereocenters. The Kier molecular flexibility index (Phi) is 43.0. The lowest BCUT2D eigenvalue weighted by Crippen LogP contribution is -2.28. The van der Waals surface area contributed by atoms with Gasteiger partial charge in [-0.05, 0) is 77.0 Å². The van der Waals surface area contributed by atoms with Crippen molar-refractivity contribution in [2.45, 2.75) is 161 Å². The fraction of sp³-hybridized carbons (Fsp3) is 0.612. The van der Waals surface area contributed by atoms with Gasteiger partial charge in [-0.25, -0.2) is 4.57 Å². The normalized spacial score (nSPS) is 14.5. The molecule has 0 heterocycles. The maximum Gasteiger partial charge on any atom is 0.472 e. The van der Waals surface area contributed by atoms with Crippen molar-refractivity contribution in [2.24, 2.45) is 5.73 Å². The van der Waals surface area contributed by atoms with Crippen LogP contribution in [0.1, 0.15) is 155 Å². The maximum absolute atomic E-state index is 12.5. The van der Waals surface area contributed by atoms with Gasteiger partial charge < -0.3 is 20.1 Å². The largest absolute Gasteiger partial charge is 0.472 e. The van der Waals surface area contributed by atoms with Crippen LogP contribution in [0.3, 0.4) is 0 Å². The molecule has 9 heteroatoms. The van der Waals surface area contributed by atoms with Gasteiger partial charge in [0.15, 0.2) is 0 Å². The minimum atomic E-state index is -4.31. The minimum absolute atomic E-state index is 0.0672. The van der Waals surface area contributed by atoms with Gasteiger partial charge in [-0.1, -0.05) is 181 Å². The van der Waals surface area contributed by atoms with Gasteiger partial charge in [0.25, 0.3) is 0 Å². The number of unbranched alkanes of at least 4 members (excludes halogenated alkanes) is 11. The molecule has 0 aromatic rings. The fourth-order valence-corrected chi connectivity index (χ4v) is 6.30. The van der Waals surface area contributed by atoms with Crippen molar-refractivity contribution in [3.05, 3.63) is 109 Å². The standard InChI is InChI=1S/C49H82NO7P/c1-3-5-7-9-11-13-15-17-19-20-21-22-23-24-25-26-27-29-31-33-35-37-39-41-44-54-46-48(47-56-58(52,53)55-45-43-50)57-49(51)42-40-38-36-34-32-30-28-18-16-14-12-10-8-6-4-2/h5-8,11-14,17-19,21-22,28,32,34,38,40,48H,3-4,9-10,15-16,20,23-27,29-31,33,35-37,39,41-47,50H2,1-2H3,(H,52,53)/b7-5-,8-6-,13-11-,14-12-,19-17-,22-21-,28-18-,34-32-,40-38-. The van der Waals surface area contributed by atoms with Crippen molar-refractivity contribution in [3.8, 4) is 0 Å². The molecule has 0 spiro atoms. The lowest BCUT2D eigenvalue weighted by atomic mass is 10.1. The summed E-state index contributed by atoms with van der Waals surface area (Å²) in [6.07, 6.45) is 61.5. The molecule has 0 rings (SSSR count). The number of allylic oxidation sites excluding steroid dienone is 17. The first-order valence-electron chi connectivity index (χ1n) is 22.4. The number of carbonyl (C=O) groups excluding carboxylic acids is 1. The van der Waals surface area contributed by atoms with Crippen molar-refractivity contribution in [1.29, 1.82) is 0 Å². The van der Waals surface area contributed by atoms with Crippen molar-refractivity contribution in [2.75, 3.05) is 33.0 Å². The van der Waals surface area contributed by atoms with Crippen LogP contribution in [0.2, 0.25) is 0 Å². The summed E-state index contributed by atoms with van der Waals surface area (Å²) in [7, 11) is -4.31. The van der Waals surface area contributed by atoms with Crippen LogP contribution in [-0.2, 0) is 27.9 Å². The molecule has 0 amide bonds. The fourth-order valence-electron chi connectivity index (χ4n) is 5.53. The van der Waals surface area contributed by atoms with Crippen LogP contribution in [0.15, 0.2) is 109 Å². The van der Waals surface area contributed by atoms with E-state index in [2.05, 4.69) is 111 Å². The van der Waals surface area contributed by atoms with Crippen molar-refractivity contribution in [3.63, 3.8) is 0 Å². The topological polar surface area (TPSA) is 117 Å². The van der Waals surface area contributed by atoms with Gasteiger partial charge in [-0.3, -0.25) is 13.8 Å². The Morgan fingerprint density at radius 3 is 1.36 bits per heavy atom. The lowest BCUT2D eigenvalue weighted by molar-refractivity contribution is -0.153. The molecule has 58 heavy (non-hydrogen) atoms. The summed E-state index contributed by atoms with van der Waals surface area (Å²) < 4.78 is 33.3. The van der Waals surface area contributed by atoms with Gasteiger partial charge in [-0.15, -0.1) is 0 Å². The van der Waals surface area contributed by atoms with E-state index in [0.717, 1.165) is 64.2 Å². The zero-order valence-corrected chi connectivity index (χ0v) is 37.4. The number of carbonyl (C=O) groups is 1. The number of phosphoric acid groups is 1. The average Bonchev–Trinajstić information content (AvgIpc) is 3.21. The molecule has 0 aliphatic carbocycles. The van der Waals surface area contributed by atoms with E-state index in [1.54, 1.807) is 6.08 Å². The highest BCUT2D eigenvalue weighted by Crippen LogP contribution is 2.43. The van der Waals surface area contributed by atoms with Gasteiger partial charge in [0.05, 0.1) is 26.2 Å². The molecule has 0 radical (unpaired) electrons. The Hall–Kier alpha value is -2.84. The first kappa shape index (κ1) is 55.2. The molecule has 2 atom stereocenters. The SMILES string of the molecule is CC/C=C\C/C=C\C/C=C\C/C=C\C/C=C\CC(=O)OC(COCCCCCCCCCCCCC/C=C\C/C=C\C/C=C\C/C=C\CC)COP(=O)(O)OCCN. The van der Waals surface area contributed by atoms with E-state index in [9.17, 15) is 14.3 Å². The van der Waals surface area contributed by atoms with Gasteiger partial charge in [0.2, 0.25) is 0 Å². The first-order chi connectivity index (χ1) is 28.4. The average molecular weight is 828 g/mol. The summed E-state index contributed by atoms with van der Waals surface area (Å²) in [6.45, 7) is 4.52. The third-order valence-electron chi connectivity index (χ3n) is 8.72. The van der Waals surface area contributed by atoms with Crippen molar-refractivity contribution >= 4 is 13.8 Å². The van der Waals surface area contributed by atoms with Gasteiger partial charge in [0.1, 0.15) is 6.10 Å². The second kappa shape index (κ2) is 45.2. The molecule has 0 aromatic heterocycles. The predicted octanol–water partition coefficient (Wildman–Crippen LogP) is 13.6. The van der Waals surface area contributed by atoms with Gasteiger partial charge in [0, 0.05) is 13.2 Å². The van der Waals surface area contributed by atoms with Crippen LogP contribution in [0, 0.1) is 0 Å². The molecule has 8 nitrogen and oxygen atoms in total. The van der Waals surface area contributed by atoms with Crippen LogP contribution >= 0.6 is 7.82 Å². The van der Waals surface area contributed by atoms with E-state index in [-0.39, 0.29) is 32.8 Å². The first-order valence-corrected chi connectivity index (χ1v) is 23.9. The molecule has 0 saturated heterocycles. The molecule has 0 bridgehead atoms. The summed E-state index contributed by atoms with van der Waals surface area (Å²) in [5.74, 6) is -0.462. The summed E-state index contributed by atoms with van der Waals surface area (Å²) in [6, 6.07) is 0. The second-order valence-electron chi connectivity index (χ2n) is 14.2. The molecule has 0 fully saturated rings. The molecular formula is C49H82NO7P. The third kappa shape index (κ3) is 44.3. The lowest BCUT2D eigenvalue weighted by Gasteiger charge is -2.19. The maximum atomic E-state index is 12.5. The number of phosphoric ester groups is 1. The minimum Gasteiger partial charge on any atom is -0.457 e. The Morgan fingerprint density at radius 2 is 0.914 bits per heavy atom. The Labute approximate surface area is 354 Å². The Balaban J connectivity index is 4.09. The zero-order chi connectivity index (χ0) is 42.3. The second-order valence-corrected chi connectivity index (χ2v) is 15.6. The summed E-state index contributed by atoms with van der Waals surface area (Å²) in [5, 5.41) is 0. The Bertz CT molecular complexity index is 1250. The predicted molar refractivity (Wildman–Crippen MR) is 247 cm³/mol. The molecule has 0 saturated carbocycles. The summed E-state index contributed by atoms with van der Waals surface area (Å²) in [4.78, 5) is 22.4.